The second kappa shape index (κ2) is 6.64. The Morgan fingerprint density at radius 1 is 1.05 bits per heavy atom. The highest BCUT2D eigenvalue weighted by atomic mass is 16.5. The van der Waals surface area contributed by atoms with Gasteiger partial charge in [0.2, 0.25) is 0 Å². The highest BCUT2D eigenvalue weighted by molar-refractivity contribution is 5.45. The summed E-state index contributed by atoms with van der Waals surface area (Å²) in [6.07, 6.45) is 2.17. The molecule has 0 aromatic heterocycles. The van der Waals surface area contributed by atoms with Gasteiger partial charge in [-0.25, -0.2) is 0 Å². The summed E-state index contributed by atoms with van der Waals surface area (Å²) in [6.45, 7) is 3.97. The average molecular weight is 282 g/mol. The smallest absolute Gasteiger partial charge is 0.119 e. The number of nitrogens with zero attached hydrogens (tertiary/aromatic N) is 1. The number of hydrogen-bond acceptors (Lipinski definition) is 3. The molecular weight excluding hydrogens is 260 g/mol. The fourth-order valence-corrected chi connectivity index (χ4v) is 2.82. The van der Waals surface area contributed by atoms with Crippen LogP contribution in [-0.2, 0) is 13.0 Å². The van der Waals surface area contributed by atoms with Gasteiger partial charge in [0.25, 0.3) is 0 Å². The first-order valence-electron chi connectivity index (χ1n) is 7.59. The second-order valence-corrected chi connectivity index (χ2v) is 5.57. The molecule has 1 aliphatic rings. The van der Waals surface area contributed by atoms with Crippen LogP contribution in [0.4, 0.5) is 5.69 Å². The van der Waals surface area contributed by atoms with E-state index in [1.165, 1.54) is 11.1 Å². The van der Waals surface area contributed by atoms with E-state index in [9.17, 15) is 0 Å². The van der Waals surface area contributed by atoms with E-state index in [0.29, 0.717) is 0 Å². The number of anilines is 1. The molecular formula is C18H22N2O. The van der Waals surface area contributed by atoms with Gasteiger partial charge < -0.3 is 10.5 Å². The lowest BCUT2D eigenvalue weighted by Gasteiger charge is -2.28. The van der Waals surface area contributed by atoms with Crippen molar-refractivity contribution in [2.75, 3.05) is 25.4 Å². The van der Waals surface area contributed by atoms with Crippen molar-refractivity contribution in [2.45, 2.75) is 19.4 Å². The molecule has 110 valence electrons. The normalized spacial score (nSPS) is 14.7. The monoisotopic (exact) mass is 282 g/mol. The fourth-order valence-electron chi connectivity index (χ4n) is 2.82. The maximum atomic E-state index is 5.87. The van der Waals surface area contributed by atoms with Crippen molar-refractivity contribution < 1.29 is 4.74 Å². The van der Waals surface area contributed by atoms with Crippen molar-refractivity contribution in [2.24, 2.45) is 0 Å². The summed E-state index contributed by atoms with van der Waals surface area (Å²) in [6, 6.07) is 16.3. The molecule has 3 nitrogen and oxygen atoms in total. The zero-order valence-corrected chi connectivity index (χ0v) is 12.3. The minimum Gasteiger partial charge on any atom is -0.494 e. The Morgan fingerprint density at radius 2 is 1.90 bits per heavy atom. The van der Waals surface area contributed by atoms with Crippen molar-refractivity contribution in [1.82, 2.24) is 4.90 Å². The van der Waals surface area contributed by atoms with E-state index in [0.717, 1.165) is 50.5 Å². The number of rotatable bonds is 5. The topological polar surface area (TPSA) is 38.5 Å². The molecule has 0 unspecified atom stereocenters. The first-order chi connectivity index (χ1) is 10.3. The first-order valence-corrected chi connectivity index (χ1v) is 7.59. The van der Waals surface area contributed by atoms with Crippen LogP contribution in [0.15, 0.2) is 48.5 Å². The van der Waals surface area contributed by atoms with Gasteiger partial charge in [0.15, 0.2) is 0 Å². The predicted molar refractivity (Wildman–Crippen MR) is 86.4 cm³/mol. The molecule has 0 fully saturated rings. The molecule has 1 aliphatic heterocycles. The van der Waals surface area contributed by atoms with Gasteiger partial charge in [0.05, 0.1) is 6.61 Å². The highest BCUT2D eigenvalue weighted by Crippen LogP contribution is 2.21. The van der Waals surface area contributed by atoms with Gasteiger partial charge in [-0.15, -0.1) is 0 Å². The van der Waals surface area contributed by atoms with Crippen LogP contribution in [-0.4, -0.2) is 24.6 Å². The van der Waals surface area contributed by atoms with Crippen LogP contribution in [0.2, 0.25) is 0 Å². The summed E-state index contributed by atoms with van der Waals surface area (Å²) in [7, 11) is 0. The molecule has 2 aromatic carbocycles. The lowest BCUT2D eigenvalue weighted by atomic mass is 9.99. The molecule has 21 heavy (non-hydrogen) atoms. The predicted octanol–water partition coefficient (Wildman–Crippen LogP) is 3.10. The molecule has 0 bridgehead atoms. The van der Waals surface area contributed by atoms with Crippen molar-refractivity contribution >= 4 is 5.69 Å². The molecule has 1 heterocycles. The molecule has 0 saturated carbocycles. The Hall–Kier alpha value is -2.00. The Balaban J connectivity index is 1.45. The molecule has 2 aromatic rings. The zero-order valence-electron chi connectivity index (χ0n) is 12.3. The van der Waals surface area contributed by atoms with Gasteiger partial charge in [0.1, 0.15) is 5.75 Å². The Labute approximate surface area is 126 Å². The molecule has 0 atom stereocenters. The van der Waals surface area contributed by atoms with Crippen molar-refractivity contribution in [3.8, 4) is 5.75 Å². The average Bonchev–Trinajstić information content (AvgIpc) is 2.52. The number of nitrogen functional groups attached to an aromatic ring is 1. The third-order valence-corrected chi connectivity index (χ3v) is 3.95. The first kappa shape index (κ1) is 14.0. The van der Waals surface area contributed by atoms with E-state index in [-0.39, 0.29) is 0 Å². The number of ether oxygens (including phenoxy) is 1. The summed E-state index contributed by atoms with van der Waals surface area (Å²) in [5.74, 6) is 0.953. The largest absolute Gasteiger partial charge is 0.494 e. The van der Waals surface area contributed by atoms with E-state index in [1.807, 2.05) is 36.4 Å². The quantitative estimate of drug-likeness (QED) is 0.676. The Kier molecular flexibility index (Phi) is 4.41. The molecule has 3 rings (SSSR count). The highest BCUT2D eigenvalue weighted by Gasteiger charge is 2.15. The van der Waals surface area contributed by atoms with E-state index in [2.05, 4.69) is 17.0 Å². The van der Waals surface area contributed by atoms with E-state index < -0.39 is 0 Å². The van der Waals surface area contributed by atoms with Crippen LogP contribution in [0.1, 0.15) is 17.5 Å². The van der Waals surface area contributed by atoms with Gasteiger partial charge in [-0.3, -0.25) is 4.90 Å². The SMILES string of the molecule is Nc1ccc2c(c1)CN(CCCOc1ccccc1)CC2. The van der Waals surface area contributed by atoms with Gasteiger partial charge in [-0.05, 0) is 48.2 Å². The number of para-hydroxylation sites is 1. The minimum absolute atomic E-state index is 0.768. The minimum atomic E-state index is 0.768. The molecule has 3 heteroatoms. The third kappa shape index (κ3) is 3.76. The van der Waals surface area contributed by atoms with Crippen LogP contribution in [0.25, 0.3) is 0 Å². The Morgan fingerprint density at radius 3 is 2.76 bits per heavy atom. The van der Waals surface area contributed by atoms with Crippen molar-refractivity contribution in [3.63, 3.8) is 0 Å². The van der Waals surface area contributed by atoms with Crippen molar-refractivity contribution in [3.05, 3.63) is 59.7 Å². The summed E-state index contributed by atoms with van der Waals surface area (Å²) in [5, 5.41) is 0. The summed E-state index contributed by atoms with van der Waals surface area (Å²) >= 11 is 0. The number of nitrogens with two attached hydrogens (primary N) is 1. The maximum Gasteiger partial charge on any atom is 0.119 e. The molecule has 0 spiro atoms. The van der Waals surface area contributed by atoms with Gasteiger partial charge in [0, 0.05) is 25.3 Å². The fraction of sp³-hybridized carbons (Fsp3) is 0.333. The molecule has 0 amide bonds. The number of fused-ring (bicyclic) bond motifs is 1. The van der Waals surface area contributed by atoms with E-state index in [4.69, 9.17) is 10.5 Å². The summed E-state index contributed by atoms with van der Waals surface area (Å²) in [4.78, 5) is 2.48. The third-order valence-electron chi connectivity index (χ3n) is 3.95. The molecule has 0 aliphatic carbocycles. The standard InChI is InChI=1S/C18H22N2O/c19-17-8-7-15-9-11-20(14-16(15)13-17)10-4-12-21-18-5-2-1-3-6-18/h1-3,5-8,13H,4,9-12,14,19H2. The van der Waals surface area contributed by atoms with Crippen LogP contribution in [0.3, 0.4) is 0 Å². The number of hydrogen-bond donors (Lipinski definition) is 1. The van der Waals surface area contributed by atoms with Crippen LogP contribution < -0.4 is 10.5 Å². The van der Waals surface area contributed by atoms with Gasteiger partial charge >= 0.3 is 0 Å². The molecule has 0 saturated heterocycles. The zero-order chi connectivity index (χ0) is 14.5. The van der Waals surface area contributed by atoms with Crippen LogP contribution in [0, 0.1) is 0 Å². The van der Waals surface area contributed by atoms with E-state index in [1.54, 1.807) is 0 Å². The van der Waals surface area contributed by atoms with Crippen molar-refractivity contribution in [1.29, 1.82) is 0 Å². The molecule has 0 radical (unpaired) electrons. The number of benzene rings is 2. The Bertz CT molecular complexity index is 583. The maximum absolute atomic E-state index is 5.87. The van der Waals surface area contributed by atoms with Crippen LogP contribution in [0.5, 0.6) is 5.75 Å². The molecule has 2 N–H and O–H groups in total. The summed E-state index contributed by atoms with van der Waals surface area (Å²) < 4.78 is 5.74. The lowest BCUT2D eigenvalue weighted by molar-refractivity contribution is 0.221. The summed E-state index contributed by atoms with van der Waals surface area (Å²) in [5.41, 5.74) is 9.56. The van der Waals surface area contributed by atoms with Gasteiger partial charge in [-0.2, -0.15) is 0 Å². The lowest BCUT2D eigenvalue weighted by Crippen LogP contribution is -2.32. The van der Waals surface area contributed by atoms with Crippen LogP contribution >= 0.6 is 0 Å². The second-order valence-electron chi connectivity index (χ2n) is 5.57. The van der Waals surface area contributed by atoms with E-state index >= 15 is 0 Å². The van der Waals surface area contributed by atoms with Gasteiger partial charge in [-0.1, -0.05) is 24.3 Å².